The van der Waals surface area contributed by atoms with Crippen molar-refractivity contribution in [3.05, 3.63) is 35.9 Å². The third kappa shape index (κ3) is 4.94. The van der Waals surface area contributed by atoms with Crippen LogP contribution in [0, 0.1) is 0 Å². The Morgan fingerprint density at radius 3 is 2.55 bits per heavy atom. The van der Waals surface area contributed by atoms with Gasteiger partial charge in [0, 0.05) is 25.1 Å². The van der Waals surface area contributed by atoms with Crippen LogP contribution in [-0.2, 0) is 14.9 Å². The van der Waals surface area contributed by atoms with E-state index in [0.717, 1.165) is 0 Å². The van der Waals surface area contributed by atoms with Crippen molar-refractivity contribution in [1.29, 1.82) is 0 Å². The molecule has 0 aromatic heterocycles. The van der Waals surface area contributed by atoms with Gasteiger partial charge in [-0.3, -0.25) is 4.79 Å². The average Bonchev–Trinajstić information content (AvgIpc) is 2.44. The molecule has 0 aliphatic carbocycles. The fraction of sp³-hybridized carbons (Fsp3) is 0.562. The van der Waals surface area contributed by atoms with Crippen molar-refractivity contribution in [3.8, 4) is 0 Å². The summed E-state index contributed by atoms with van der Waals surface area (Å²) in [4.78, 5) is 11.9. The highest BCUT2D eigenvalue weighted by Crippen LogP contribution is 2.26. The summed E-state index contributed by atoms with van der Waals surface area (Å²) in [6.07, 6.45) is 0. The van der Waals surface area contributed by atoms with Crippen molar-refractivity contribution in [2.75, 3.05) is 26.8 Å². The van der Waals surface area contributed by atoms with Gasteiger partial charge in [-0.25, -0.2) is 0 Å². The lowest BCUT2D eigenvalue weighted by Crippen LogP contribution is -2.48. The normalized spacial score (nSPS) is 13.0. The maximum absolute atomic E-state index is 11.9. The highest BCUT2D eigenvalue weighted by Gasteiger charge is 2.28. The second-order valence-electron chi connectivity index (χ2n) is 5.55. The predicted molar refractivity (Wildman–Crippen MR) is 81.8 cm³/mol. The van der Waals surface area contributed by atoms with E-state index in [9.17, 15) is 4.79 Å². The zero-order valence-electron chi connectivity index (χ0n) is 12.9. The molecule has 0 radical (unpaired) electrons. The standard InChI is InChI=1S/C16H26N2O2/c1-13(18-15(19)12-17-10-11-20-4)16(2,3)14-8-6-5-7-9-14/h5-9,13,17H,10-12H2,1-4H3,(H,18,19). The Labute approximate surface area is 121 Å². The van der Waals surface area contributed by atoms with Gasteiger partial charge < -0.3 is 15.4 Å². The number of methoxy groups -OCH3 is 1. The minimum Gasteiger partial charge on any atom is -0.383 e. The molecule has 0 bridgehead atoms. The molecule has 112 valence electrons. The molecule has 0 saturated heterocycles. The largest absolute Gasteiger partial charge is 0.383 e. The topological polar surface area (TPSA) is 50.4 Å². The summed E-state index contributed by atoms with van der Waals surface area (Å²) in [5.41, 5.74) is 1.11. The molecular weight excluding hydrogens is 252 g/mol. The lowest BCUT2D eigenvalue weighted by Gasteiger charge is -2.33. The Morgan fingerprint density at radius 2 is 1.95 bits per heavy atom. The average molecular weight is 278 g/mol. The molecule has 0 saturated carbocycles. The van der Waals surface area contributed by atoms with Crippen LogP contribution in [0.1, 0.15) is 26.3 Å². The number of rotatable bonds is 8. The van der Waals surface area contributed by atoms with Crippen LogP contribution in [0.25, 0.3) is 0 Å². The van der Waals surface area contributed by atoms with E-state index >= 15 is 0 Å². The van der Waals surface area contributed by atoms with E-state index in [1.165, 1.54) is 5.56 Å². The highest BCUT2D eigenvalue weighted by molar-refractivity contribution is 5.78. The number of hydrogen-bond donors (Lipinski definition) is 2. The molecule has 0 aliphatic rings. The Kier molecular flexibility index (Phi) is 6.68. The summed E-state index contributed by atoms with van der Waals surface area (Å²) in [5, 5.41) is 6.10. The summed E-state index contributed by atoms with van der Waals surface area (Å²) in [6.45, 7) is 7.94. The van der Waals surface area contributed by atoms with Crippen LogP contribution in [0.2, 0.25) is 0 Å². The molecule has 1 atom stereocenters. The maximum Gasteiger partial charge on any atom is 0.234 e. The monoisotopic (exact) mass is 278 g/mol. The smallest absolute Gasteiger partial charge is 0.234 e. The Bertz CT molecular complexity index is 404. The van der Waals surface area contributed by atoms with Crippen molar-refractivity contribution in [1.82, 2.24) is 10.6 Å². The van der Waals surface area contributed by atoms with E-state index in [2.05, 4.69) is 36.6 Å². The van der Waals surface area contributed by atoms with Crippen LogP contribution < -0.4 is 10.6 Å². The molecule has 0 aliphatic heterocycles. The number of hydrogen-bond acceptors (Lipinski definition) is 3. The highest BCUT2D eigenvalue weighted by atomic mass is 16.5. The number of ether oxygens (including phenoxy) is 1. The number of nitrogens with one attached hydrogen (secondary N) is 2. The van der Waals surface area contributed by atoms with Crippen LogP contribution in [0.4, 0.5) is 0 Å². The number of benzene rings is 1. The minimum atomic E-state index is -0.108. The van der Waals surface area contributed by atoms with Crippen molar-refractivity contribution >= 4 is 5.91 Å². The molecule has 1 aromatic carbocycles. The molecule has 4 nitrogen and oxygen atoms in total. The van der Waals surface area contributed by atoms with E-state index < -0.39 is 0 Å². The van der Waals surface area contributed by atoms with Gasteiger partial charge in [0.05, 0.1) is 13.2 Å². The van der Waals surface area contributed by atoms with Gasteiger partial charge in [0.15, 0.2) is 0 Å². The third-order valence-corrected chi connectivity index (χ3v) is 3.75. The van der Waals surface area contributed by atoms with Gasteiger partial charge in [0.25, 0.3) is 0 Å². The molecule has 0 heterocycles. The third-order valence-electron chi connectivity index (χ3n) is 3.75. The molecular formula is C16H26N2O2. The van der Waals surface area contributed by atoms with Crippen molar-refractivity contribution in [2.45, 2.75) is 32.2 Å². The van der Waals surface area contributed by atoms with Gasteiger partial charge in [0.1, 0.15) is 0 Å². The van der Waals surface area contributed by atoms with Gasteiger partial charge in [-0.15, -0.1) is 0 Å². The van der Waals surface area contributed by atoms with Crippen molar-refractivity contribution in [2.24, 2.45) is 0 Å². The number of carbonyl (C=O) groups excluding carboxylic acids is 1. The minimum absolute atomic E-state index is 0.0117. The number of carbonyl (C=O) groups is 1. The Balaban J connectivity index is 2.48. The Morgan fingerprint density at radius 1 is 1.30 bits per heavy atom. The molecule has 2 N–H and O–H groups in total. The number of amides is 1. The van der Waals surface area contributed by atoms with Crippen LogP contribution >= 0.6 is 0 Å². The summed E-state index contributed by atoms with van der Waals surface area (Å²) in [6, 6.07) is 10.3. The SMILES string of the molecule is COCCNCC(=O)NC(C)C(C)(C)c1ccccc1. The lowest BCUT2D eigenvalue weighted by molar-refractivity contribution is -0.121. The summed E-state index contributed by atoms with van der Waals surface area (Å²) in [5.74, 6) is 0.0117. The van der Waals surface area contributed by atoms with E-state index in [4.69, 9.17) is 4.74 Å². The summed E-state index contributed by atoms with van der Waals surface area (Å²) < 4.78 is 4.92. The van der Waals surface area contributed by atoms with Gasteiger partial charge >= 0.3 is 0 Å². The molecule has 20 heavy (non-hydrogen) atoms. The molecule has 1 rings (SSSR count). The first-order chi connectivity index (χ1) is 9.48. The van der Waals surface area contributed by atoms with Crippen LogP contribution in [0.15, 0.2) is 30.3 Å². The summed E-state index contributed by atoms with van der Waals surface area (Å²) in [7, 11) is 1.65. The van der Waals surface area contributed by atoms with Crippen molar-refractivity contribution < 1.29 is 9.53 Å². The van der Waals surface area contributed by atoms with Crippen molar-refractivity contribution in [3.63, 3.8) is 0 Å². The second-order valence-corrected chi connectivity index (χ2v) is 5.55. The fourth-order valence-electron chi connectivity index (χ4n) is 1.97. The molecule has 1 aromatic rings. The molecule has 1 unspecified atom stereocenters. The van der Waals surface area contributed by atoms with Crippen LogP contribution in [0.3, 0.4) is 0 Å². The van der Waals surface area contributed by atoms with Gasteiger partial charge in [0.2, 0.25) is 5.91 Å². The molecule has 1 amide bonds. The van der Waals surface area contributed by atoms with Crippen LogP contribution in [0.5, 0.6) is 0 Å². The van der Waals surface area contributed by atoms with Crippen LogP contribution in [-0.4, -0.2) is 38.8 Å². The zero-order valence-corrected chi connectivity index (χ0v) is 12.9. The first-order valence-electron chi connectivity index (χ1n) is 7.03. The van der Waals surface area contributed by atoms with E-state index in [-0.39, 0.29) is 17.4 Å². The second kappa shape index (κ2) is 8.02. The first kappa shape index (κ1) is 16.7. The van der Waals surface area contributed by atoms with E-state index in [1.54, 1.807) is 7.11 Å². The zero-order chi connectivity index (χ0) is 15.0. The predicted octanol–water partition coefficient (Wildman–Crippen LogP) is 1.70. The lowest BCUT2D eigenvalue weighted by atomic mass is 9.78. The quantitative estimate of drug-likeness (QED) is 0.712. The van der Waals surface area contributed by atoms with Gasteiger partial charge in [-0.1, -0.05) is 44.2 Å². The van der Waals surface area contributed by atoms with E-state index in [1.807, 2.05) is 25.1 Å². The molecule has 0 fully saturated rings. The first-order valence-corrected chi connectivity index (χ1v) is 7.03. The van der Waals surface area contributed by atoms with Gasteiger partial charge in [-0.2, -0.15) is 0 Å². The molecule has 4 heteroatoms. The molecule has 0 spiro atoms. The fourth-order valence-corrected chi connectivity index (χ4v) is 1.97. The van der Waals surface area contributed by atoms with E-state index in [0.29, 0.717) is 19.7 Å². The maximum atomic E-state index is 11.9. The Hall–Kier alpha value is -1.39. The summed E-state index contributed by atoms with van der Waals surface area (Å²) >= 11 is 0. The van der Waals surface area contributed by atoms with Gasteiger partial charge in [-0.05, 0) is 12.5 Å².